The molecule has 0 aliphatic heterocycles. The van der Waals surface area contributed by atoms with E-state index in [9.17, 15) is 4.79 Å². The van der Waals surface area contributed by atoms with Crippen molar-refractivity contribution in [2.24, 2.45) is 11.8 Å². The van der Waals surface area contributed by atoms with Gasteiger partial charge in [-0.1, -0.05) is 45.4 Å². The molecule has 124 valence electrons. The number of amides is 1. The summed E-state index contributed by atoms with van der Waals surface area (Å²) in [5.41, 5.74) is 0.895. The van der Waals surface area contributed by atoms with Crippen LogP contribution in [0.1, 0.15) is 57.9 Å². The molecule has 1 aromatic rings. The third kappa shape index (κ3) is 4.28. The van der Waals surface area contributed by atoms with E-state index in [2.05, 4.69) is 31.1 Å². The average molecular weight is 324 g/mol. The van der Waals surface area contributed by atoms with Crippen LogP contribution in [0, 0.1) is 25.7 Å². The van der Waals surface area contributed by atoms with E-state index < -0.39 is 0 Å². The molecule has 1 aliphatic carbocycles. The molecule has 0 bridgehead atoms. The van der Waals surface area contributed by atoms with Crippen LogP contribution in [0.25, 0.3) is 0 Å². The van der Waals surface area contributed by atoms with Crippen LogP contribution in [0.5, 0.6) is 0 Å². The van der Waals surface area contributed by atoms with Crippen molar-refractivity contribution in [2.45, 2.75) is 76.8 Å². The van der Waals surface area contributed by atoms with Gasteiger partial charge >= 0.3 is 0 Å². The van der Waals surface area contributed by atoms with Gasteiger partial charge in [-0.05, 0) is 38.5 Å². The maximum absolute atomic E-state index is 12.7. The zero-order valence-electron chi connectivity index (χ0n) is 14.3. The molecule has 0 unspecified atom stereocenters. The van der Waals surface area contributed by atoms with Crippen molar-refractivity contribution in [3.8, 4) is 0 Å². The van der Waals surface area contributed by atoms with Crippen molar-refractivity contribution < 1.29 is 9.21 Å². The molecule has 1 saturated carbocycles. The van der Waals surface area contributed by atoms with Gasteiger partial charge in [-0.15, -0.1) is 0 Å². The maximum Gasteiger partial charge on any atom is 0.256 e. The summed E-state index contributed by atoms with van der Waals surface area (Å²) < 4.78 is 5.63. The quantitative estimate of drug-likeness (QED) is 0.828. The first-order chi connectivity index (χ1) is 10.4. The fraction of sp³-hybridized carbons (Fsp3) is 0.765. The van der Waals surface area contributed by atoms with Crippen LogP contribution >= 0.6 is 11.8 Å². The predicted molar refractivity (Wildman–Crippen MR) is 90.0 cm³/mol. The Labute approximate surface area is 137 Å². The summed E-state index contributed by atoms with van der Waals surface area (Å²) in [6.07, 6.45) is 4.81. The summed E-state index contributed by atoms with van der Waals surface area (Å²) in [4.78, 5) is 17.1. The Bertz CT molecular complexity index is 493. The molecule has 0 radical (unpaired) electrons. The standard InChI is InChI=1S/C17H28N2O2S/c1-10(2)15(22-17-18-12(4)13(5)21-17)16(20)19-14-9-7-6-8-11(14)3/h10-11,14-15H,6-9H2,1-5H3,(H,19,20)/t11-,14+,15-/m0/s1. The van der Waals surface area contributed by atoms with Gasteiger partial charge in [0.15, 0.2) is 0 Å². The number of carbonyl (C=O) groups is 1. The third-order valence-electron chi connectivity index (χ3n) is 4.54. The second kappa shape index (κ2) is 7.53. The van der Waals surface area contributed by atoms with Gasteiger partial charge in [0.25, 0.3) is 5.22 Å². The predicted octanol–water partition coefficient (Wildman–Crippen LogP) is 4.10. The van der Waals surface area contributed by atoms with Crippen LogP contribution in [-0.4, -0.2) is 22.2 Å². The number of carbonyl (C=O) groups excluding carboxylic acids is 1. The second-order valence-electron chi connectivity index (χ2n) is 6.78. The lowest BCUT2D eigenvalue weighted by molar-refractivity contribution is -0.122. The molecule has 5 heteroatoms. The number of thioether (sulfide) groups is 1. The topological polar surface area (TPSA) is 55.1 Å². The van der Waals surface area contributed by atoms with Gasteiger partial charge in [0.1, 0.15) is 5.76 Å². The lowest BCUT2D eigenvalue weighted by Crippen LogP contribution is -2.46. The highest BCUT2D eigenvalue weighted by molar-refractivity contribution is 8.00. The molecule has 0 saturated heterocycles. The molecule has 3 atom stereocenters. The highest BCUT2D eigenvalue weighted by Crippen LogP contribution is 2.30. The summed E-state index contributed by atoms with van der Waals surface area (Å²) in [6, 6.07) is 0.316. The molecule has 0 aromatic carbocycles. The van der Waals surface area contributed by atoms with Gasteiger partial charge < -0.3 is 9.73 Å². The number of aromatic nitrogens is 1. The maximum atomic E-state index is 12.7. The monoisotopic (exact) mass is 324 g/mol. The van der Waals surface area contributed by atoms with Gasteiger partial charge in [0, 0.05) is 6.04 Å². The first kappa shape index (κ1) is 17.4. The molecule has 1 fully saturated rings. The van der Waals surface area contributed by atoms with E-state index in [1.165, 1.54) is 31.0 Å². The lowest BCUT2D eigenvalue weighted by atomic mass is 9.86. The fourth-order valence-corrected chi connectivity index (χ4v) is 3.92. The molecule has 1 N–H and O–H groups in total. The molecule has 1 aliphatic rings. The Morgan fingerprint density at radius 3 is 2.55 bits per heavy atom. The van der Waals surface area contributed by atoms with Crippen LogP contribution in [0.4, 0.5) is 0 Å². The van der Waals surface area contributed by atoms with E-state index in [1.54, 1.807) is 0 Å². The number of hydrogen-bond donors (Lipinski definition) is 1. The van der Waals surface area contributed by atoms with Gasteiger partial charge in [0.05, 0.1) is 10.9 Å². The van der Waals surface area contributed by atoms with Crippen molar-refractivity contribution >= 4 is 17.7 Å². The Hall–Kier alpha value is -0.970. The molecule has 4 nitrogen and oxygen atoms in total. The van der Waals surface area contributed by atoms with E-state index in [0.29, 0.717) is 17.2 Å². The van der Waals surface area contributed by atoms with Crippen molar-refractivity contribution in [3.63, 3.8) is 0 Å². The number of rotatable bonds is 5. The largest absolute Gasteiger partial charge is 0.437 e. The van der Waals surface area contributed by atoms with E-state index in [4.69, 9.17) is 4.42 Å². The number of aryl methyl sites for hydroxylation is 2. The van der Waals surface area contributed by atoms with Gasteiger partial charge in [-0.25, -0.2) is 4.98 Å². The number of nitrogens with zero attached hydrogens (tertiary/aromatic N) is 1. The SMILES string of the molecule is Cc1nc(S[C@H](C(=O)N[C@@H]2CCCC[C@@H]2C)C(C)C)oc1C. The van der Waals surface area contributed by atoms with Crippen LogP contribution in [0.15, 0.2) is 9.64 Å². The summed E-state index contributed by atoms with van der Waals surface area (Å²) in [5, 5.41) is 3.70. The zero-order chi connectivity index (χ0) is 16.3. The van der Waals surface area contributed by atoms with Gasteiger partial charge in [-0.2, -0.15) is 0 Å². The Kier molecular flexibility index (Phi) is 5.95. The summed E-state index contributed by atoms with van der Waals surface area (Å²) in [5.74, 6) is 1.75. The highest BCUT2D eigenvalue weighted by atomic mass is 32.2. The first-order valence-electron chi connectivity index (χ1n) is 8.29. The smallest absolute Gasteiger partial charge is 0.256 e. The van der Waals surface area contributed by atoms with E-state index in [1.807, 2.05) is 13.8 Å². The van der Waals surface area contributed by atoms with E-state index in [0.717, 1.165) is 17.9 Å². The minimum atomic E-state index is -0.161. The molecule has 2 rings (SSSR count). The zero-order valence-corrected chi connectivity index (χ0v) is 15.1. The average Bonchev–Trinajstić information content (AvgIpc) is 2.77. The molecular weight excluding hydrogens is 296 g/mol. The molecule has 1 aromatic heterocycles. The van der Waals surface area contributed by atoms with Crippen molar-refractivity contribution in [3.05, 3.63) is 11.5 Å². The third-order valence-corrected chi connectivity index (χ3v) is 5.93. The molecular formula is C17H28N2O2S. The molecule has 1 heterocycles. The number of oxazole rings is 1. The normalized spacial score (nSPS) is 23.5. The second-order valence-corrected chi connectivity index (χ2v) is 7.87. The summed E-state index contributed by atoms with van der Waals surface area (Å²) >= 11 is 1.44. The fourth-order valence-electron chi connectivity index (χ4n) is 2.89. The van der Waals surface area contributed by atoms with Crippen molar-refractivity contribution in [2.75, 3.05) is 0 Å². The molecule has 1 amide bonds. The Morgan fingerprint density at radius 2 is 2.00 bits per heavy atom. The van der Waals surface area contributed by atoms with Crippen molar-refractivity contribution in [1.29, 1.82) is 0 Å². The summed E-state index contributed by atoms with van der Waals surface area (Å²) in [6.45, 7) is 10.2. The minimum absolute atomic E-state index is 0.118. The van der Waals surface area contributed by atoms with Crippen LogP contribution < -0.4 is 5.32 Å². The minimum Gasteiger partial charge on any atom is -0.437 e. The number of hydrogen-bond acceptors (Lipinski definition) is 4. The van der Waals surface area contributed by atoms with Crippen molar-refractivity contribution in [1.82, 2.24) is 10.3 Å². The van der Waals surface area contributed by atoms with Crippen LogP contribution in [0.2, 0.25) is 0 Å². The Morgan fingerprint density at radius 1 is 1.32 bits per heavy atom. The van der Waals surface area contributed by atoms with Crippen LogP contribution in [0.3, 0.4) is 0 Å². The first-order valence-corrected chi connectivity index (χ1v) is 9.17. The van der Waals surface area contributed by atoms with Gasteiger partial charge in [-0.3, -0.25) is 4.79 Å². The van der Waals surface area contributed by atoms with E-state index >= 15 is 0 Å². The lowest BCUT2D eigenvalue weighted by Gasteiger charge is -2.31. The summed E-state index contributed by atoms with van der Waals surface area (Å²) in [7, 11) is 0. The van der Waals surface area contributed by atoms with Gasteiger partial charge in [0.2, 0.25) is 5.91 Å². The highest BCUT2D eigenvalue weighted by Gasteiger charge is 2.30. The molecule has 0 spiro atoms. The number of nitrogens with one attached hydrogen (secondary N) is 1. The molecule has 22 heavy (non-hydrogen) atoms. The Balaban J connectivity index is 2.01. The van der Waals surface area contributed by atoms with Crippen LogP contribution in [-0.2, 0) is 4.79 Å². The van der Waals surface area contributed by atoms with E-state index in [-0.39, 0.29) is 17.1 Å².